The molecule has 2 aromatic heterocycles. The first kappa shape index (κ1) is 14.7. The van der Waals surface area contributed by atoms with E-state index in [1.807, 2.05) is 24.3 Å². The molecular formula is C16H15ClN4OS. The van der Waals surface area contributed by atoms with Crippen LogP contribution >= 0.6 is 22.9 Å². The number of halogens is 1. The number of rotatable bonds is 2. The normalized spacial score (nSPS) is 15.3. The van der Waals surface area contributed by atoms with Crippen molar-refractivity contribution in [3.05, 3.63) is 35.6 Å². The van der Waals surface area contributed by atoms with Crippen molar-refractivity contribution in [2.24, 2.45) is 0 Å². The van der Waals surface area contributed by atoms with Gasteiger partial charge in [-0.25, -0.2) is 4.98 Å². The first-order valence-corrected chi connectivity index (χ1v) is 8.56. The quantitative estimate of drug-likeness (QED) is 0.569. The van der Waals surface area contributed by atoms with Crippen LogP contribution in [0.5, 0.6) is 0 Å². The molecule has 0 atom stereocenters. The van der Waals surface area contributed by atoms with Crippen molar-refractivity contribution < 1.29 is 4.74 Å². The van der Waals surface area contributed by atoms with E-state index in [-0.39, 0.29) is 5.28 Å². The molecule has 1 aliphatic rings. The van der Waals surface area contributed by atoms with Crippen molar-refractivity contribution in [2.45, 2.75) is 0 Å². The summed E-state index contributed by atoms with van der Waals surface area (Å²) in [4.78, 5) is 12.2. The Morgan fingerprint density at radius 3 is 2.61 bits per heavy atom. The van der Waals surface area contributed by atoms with Crippen molar-refractivity contribution in [3.63, 3.8) is 0 Å². The average molecular weight is 347 g/mol. The van der Waals surface area contributed by atoms with Crippen LogP contribution in [0.25, 0.3) is 20.7 Å². The summed E-state index contributed by atoms with van der Waals surface area (Å²) >= 11 is 7.81. The molecule has 5 nitrogen and oxygen atoms in total. The maximum absolute atomic E-state index is 6.13. The van der Waals surface area contributed by atoms with Crippen LogP contribution in [0.2, 0.25) is 5.28 Å². The Morgan fingerprint density at radius 1 is 1.13 bits per heavy atom. The van der Waals surface area contributed by atoms with Crippen LogP contribution in [0, 0.1) is 0 Å². The fourth-order valence-corrected chi connectivity index (χ4v) is 3.96. The van der Waals surface area contributed by atoms with Crippen LogP contribution in [-0.4, -0.2) is 36.3 Å². The summed E-state index contributed by atoms with van der Waals surface area (Å²) in [7, 11) is 0. The second kappa shape index (κ2) is 5.96. The molecule has 0 unspecified atom stereocenters. The Hall–Kier alpha value is -1.89. The van der Waals surface area contributed by atoms with Crippen molar-refractivity contribution in [1.29, 1.82) is 0 Å². The topological polar surface area (TPSA) is 64.3 Å². The summed E-state index contributed by atoms with van der Waals surface area (Å²) in [6, 6.07) is 9.90. The monoisotopic (exact) mass is 346 g/mol. The molecule has 23 heavy (non-hydrogen) atoms. The van der Waals surface area contributed by atoms with Gasteiger partial charge in [0.1, 0.15) is 0 Å². The minimum absolute atomic E-state index is 0.278. The van der Waals surface area contributed by atoms with Crippen LogP contribution < -0.4 is 10.6 Å². The SMILES string of the molecule is Nc1ccc(-c2cc3nc(Cl)nc(N4CCOCC4)c3s2)cc1. The van der Waals surface area contributed by atoms with Gasteiger partial charge in [-0.05, 0) is 35.4 Å². The number of benzene rings is 1. The zero-order chi connectivity index (χ0) is 15.8. The fourth-order valence-electron chi connectivity index (χ4n) is 2.67. The Morgan fingerprint density at radius 2 is 1.87 bits per heavy atom. The second-order valence-electron chi connectivity index (χ2n) is 5.36. The van der Waals surface area contributed by atoms with Crippen molar-refractivity contribution in [3.8, 4) is 10.4 Å². The zero-order valence-corrected chi connectivity index (χ0v) is 13.9. The van der Waals surface area contributed by atoms with Gasteiger partial charge < -0.3 is 15.4 Å². The highest BCUT2D eigenvalue weighted by molar-refractivity contribution is 7.22. The van der Waals surface area contributed by atoms with E-state index in [1.165, 1.54) is 0 Å². The number of hydrogen-bond acceptors (Lipinski definition) is 6. The van der Waals surface area contributed by atoms with Crippen LogP contribution in [0.15, 0.2) is 30.3 Å². The first-order valence-electron chi connectivity index (χ1n) is 7.36. The molecule has 7 heteroatoms. The van der Waals surface area contributed by atoms with Gasteiger partial charge in [0.2, 0.25) is 5.28 Å². The molecule has 0 amide bonds. The van der Waals surface area contributed by atoms with Crippen molar-refractivity contribution >= 4 is 44.7 Å². The molecule has 0 bridgehead atoms. The van der Waals surface area contributed by atoms with Gasteiger partial charge in [-0.15, -0.1) is 11.3 Å². The lowest BCUT2D eigenvalue weighted by molar-refractivity contribution is 0.122. The highest BCUT2D eigenvalue weighted by Crippen LogP contribution is 2.38. The van der Waals surface area contributed by atoms with E-state index in [2.05, 4.69) is 20.9 Å². The Balaban J connectivity index is 1.82. The van der Waals surface area contributed by atoms with Gasteiger partial charge in [0.15, 0.2) is 5.82 Å². The van der Waals surface area contributed by atoms with Gasteiger partial charge >= 0.3 is 0 Å². The fraction of sp³-hybridized carbons (Fsp3) is 0.250. The molecule has 1 aromatic carbocycles. The summed E-state index contributed by atoms with van der Waals surface area (Å²) in [5.41, 5.74) is 8.52. The van der Waals surface area contributed by atoms with Gasteiger partial charge in [0.05, 0.1) is 23.4 Å². The van der Waals surface area contributed by atoms with E-state index in [9.17, 15) is 0 Å². The van der Waals surface area contributed by atoms with E-state index >= 15 is 0 Å². The van der Waals surface area contributed by atoms with Crippen LogP contribution in [0.1, 0.15) is 0 Å². The number of aromatic nitrogens is 2. The summed E-state index contributed by atoms with van der Waals surface area (Å²) in [5, 5.41) is 0.278. The maximum Gasteiger partial charge on any atom is 0.224 e. The molecule has 1 aliphatic heterocycles. The van der Waals surface area contributed by atoms with E-state index in [0.717, 1.165) is 45.3 Å². The maximum atomic E-state index is 6.13. The number of nitrogen functional groups attached to an aromatic ring is 1. The molecule has 4 rings (SSSR count). The van der Waals surface area contributed by atoms with Gasteiger partial charge in [-0.1, -0.05) is 12.1 Å². The molecule has 3 aromatic rings. The standard InChI is InChI=1S/C16H15ClN4OS/c17-16-19-12-9-13(10-1-3-11(18)4-2-10)23-14(12)15(20-16)21-5-7-22-8-6-21/h1-4,9H,5-8,18H2. The van der Waals surface area contributed by atoms with Crippen molar-refractivity contribution in [2.75, 3.05) is 36.9 Å². The number of morpholine rings is 1. The molecule has 1 saturated heterocycles. The number of nitrogens with zero attached hydrogens (tertiary/aromatic N) is 3. The molecule has 0 saturated carbocycles. The third kappa shape index (κ3) is 2.85. The number of thiophene rings is 1. The minimum Gasteiger partial charge on any atom is -0.399 e. The number of hydrogen-bond donors (Lipinski definition) is 1. The molecule has 0 spiro atoms. The zero-order valence-electron chi connectivity index (χ0n) is 12.3. The van der Waals surface area contributed by atoms with Gasteiger partial charge in [0, 0.05) is 23.7 Å². The van der Waals surface area contributed by atoms with E-state index in [1.54, 1.807) is 11.3 Å². The number of fused-ring (bicyclic) bond motifs is 1. The second-order valence-corrected chi connectivity index (χ2v) is 6.75. The predicted octanol–water partition coefficient (Wildman–Crippen LogP) is 3.43. The minimum atomic E-state index is 0.278. The summed E-state index contributed by atoms with van der Waals surface area (Å²) < 4.78 is 6.48. The third-order valence-electron chi connectivity index (χ3n) is 3.83. The van der Waals surface area contributed by atoms with Crippen LogP contribution in [-0.2, 0) is 4.74 Å². The average Bonchev–Trinajstić information content (AvgIpc) is 2.99. The molecule has 1 fully saturated rings. The molecular weight excluding hydrogens is 332 g/mol. The lowest BCUT2D eigenvalue weighted by atomic mass is 10.2. The predicted molar refractivity (Wildman–Crippen MR) is 95.3 cm³/mol. The summed E-state index contributed by atoms with van der Waals surface area (Å²) in [6.07, 6.45) is 0. The first-order chi connectivity index (χ1) is 11.2. The smallest absolute Gasteiger partial charge is 0.224 e. The van der Waals surface area contributed by atoms with Crippen LogP contribution in [0.3, 0.4) is 0 Å². The lowest BCUT2D eigenvalue weighted by Gasteiger charge is -2.28. The summed E-state index contributed by atoms with van der Waals surface area (Å²) in [6.45, 7) is 3.05. The molecule has 3 heterocycles. The van der Waals surface area contributed by atoms with E-state index in [0.29, 0.717) is 13.2 Å². The largest absolute Gasteiger partial charge is 0.399 e. The molecule has 0 radical (unpaired) electrons. The third-order valence-corrected chi connectivity index (χ3v) is 5.17. The Kier molecular flexibility index (Phi) is 3.80. The number of ether oxygens (including phenoxy) is 1. The Labute approximate surface area is 142 Å². The number of anilines is 2. The van der Waals surface area contributed by atoms with Gasteiger partial charge in [-0.3, -0.25) is 0 Å². The van der Waals surface area contributed by atoms with E-state index in [4.69, 9.17) is 22.1 Å². The molecule has 2 N–H and O–H groups in total. The lowest BCUT2D eigenvalue weighted by Crippen LogP contribution is -2.36. The molecule has 118 valence electrons. The van der Waals surface area contributed by atoms with Crippen LogP contribution in [0.4, 0.5) is 11.5 Å². The molecule has 0 aliphatic carbocycles. The highest BCUT2D eigenvalue weighted by Gasteiger charge is 2.19. The number of nitrogens with two attached hydrogens (primary N) is 1. The van der Waals surface area contributed by atoms with Gasteiger partial charge in [-0.2, -0.15) is 4.98 Å². The Bertz CT molecular complexity index is 843. The highest BCUT2D eigenvalue weighted by atomic mass is 35.5. The van der Waals surface area contributed by atoms with Crippen molar-refractivity contribution in [1.82, 2.24) is 9.97 Å². The van der Waals surface area contributed by atoms with Gasteiger partial charge in [0.25, 0.3) is 0 Å². The summed E-state index contributed by atoms with van der Waals surface area (Å²) in [5.74, 6) is 0.898. The van der Waals surface area contributed by atoms with E-state index < -0.39 is 0 Å².